The number of hydrogen-bond acceptors (Lipinski definition) is 6. The second-order valence-electron chi connectivity index (χ2n) is 6.85. The van der Waals surface area contributed by atoms with Crippen LogP contribution in [0.4, 0.5) is 11.4 Å². The van der Waals surface area contributed by atoms with E-state index in [2.05, 4.69) is 21.2 Å². The first-order valence-corrected chi connectivity index (χ1v) is 10.3. The summed E-state index contributed by atoms with van der Waals surface area (Å²) in [5.74, 6) is -0.855. The molecule has 0 aliphatic heterocycles. The van der Waals surface area contributed by atoms with Crippen molar-refractivity contribution in [3.63, 3.8) is 0 Å². The van der Waals surface area contributed by atoms with Gasteiger partial charge in [0.2, 0.25) is 0 Å². The van der Waals surface area contributed by atoms with Crippen LogP contribution in [0.15, 0.2) is 76.8 Å². The first-order chi connectivity index (χ1) is 15.8. The number of anilines is 1. The van der Waals surface area contributed by atoms with Crippen molar-refractivity contribution >= 4 is 45.3 Å². The molecule has 0 saturated carbocycles. The number of carbonyl (C=O) groups excluding carboxylic acids is 2. The van der Waals surface area contributed by atoms with Crippen LogP contribution in [0.2, 0.25) is 0 Å². The molecule has 1 N–H and O–H groups in total. The van der Waals surface area contributed by atoms with Gasteiger partial charge in [0.05, 0.1) is 10.5 Å². The molecule has 0 atom stereocenters. The molecule has 0 radical (unpaired) electrons. The molecule has 3 aromatic rings. The topological polar surface area (TPSA) is 122 Å². The van der Waals surface area contributed by atoms with Crippen molar-refractivity contribution < 1.29 is 19.2 Å². The predicted molar refractivity (Wildman–Crippen MR) is 126 cm³/mol. The number of rotatable bonds is 6. The highest BCUT2D eigenvalue weighted by Gasteiger charge is 2.14. The van der Waals surface area contributed by atoms with E-state index < -0.39 is 16.8 Å². The number of nitro groups is 1. The molecule has 0 saturated heterocycles. The molecule has 1 amide bonds. The van der Waals surface area contributed by atoms with Crippen LogP contribution >= 0.6 is 15.9 Å². The molecule has 8 nitrogen and oxygen atoms in total. The summed E-state index contributed by atoms with van der Waals surface area (Å²) in [6, 6.07) is 18.9. The maximum atomic E-state index is 12.5. The molecule has 0 heterocycles. The van der Waals surface area contributed by atoms with E-state index in [1.54, 1.807) is 55.5 Å². The number of hydrogen-bond donors (Lipinski definition) is 1. The van der Waals surface area contributed by atoms with Crippen LogP contribution in [0.3, 0.4) is 0 Å². The molecule has 0 aromatic heterocycles. The number of ether oxygens (including phenoxy) is 1. The summed E-state index contributed by atoms with van der Waals surface area (Å²) in [6.07, 6.45) is 1.39. The van der Waals surface area contributed by atoms with Crippen molar-refractivity contribution in [2.24, 2.45) is 0 Å². The smallest absolute Gasteiger partial charge is 0.343 e. The second-order valence-corrected chi connectivity index (χ2v) is 7.76. The lowest BCUT2D eigenvalue weighted by atomic mass is 10.1. The van der Waals surface area contributed by atoms with Gasteiger partial charge in [0, 0.05) is 22.3 Å². The number of nitrogens with one attached hydrogen (secondary N) is 1. The number of benzene rings is 3. The number of nitriles is 1. The summed E-state index contributed by atoms with van der Waals surface area (Å²) >= 11 is 3.30. The Balaban J connectivity index is 1.70. The SMILES string of the molecule is Cc1cc([N+](=O)[O-])ccc1NC(=O)/C(C#N)=C/c1ccc(OC(=O)c2ccc(Br)cc2)cc1. The third kappa shape index (κ3) is 6.12. The number of nitrogens with zero attached hydrogens (tertiary/aromatic N) is 2. The van der Waals surface area contributed by atoms with E-state index in [1.165, 1.54) is 24.3 Å². The molecular formula is C24H16BrN3O5. The van der Waals surface area contributed by atoms with Crippen molar-refractivity contribution in [2.45, 2.75) is 6.92 Å². The summed E-state index contributed by atoms with van der Waals surface area (Å²) in [5.41, 5.74) is 1.54. The van der Waals surface area contributed by atoms with Gasteiger partial charge in [0.1, 0.15) is 17.4 Å². The number of esters is 1. The van der Waals surface area contributed by atoms with E-state index in [4.69, 9.17) is 4.74 Å². The molecule has 9 heteroatoms. The molecule has 3 rings (SSSR count). The Morgan fingerprint density at radius 2 is 1.76 bits per heavy atom. The molecule has 0 bridgehead atoms. The molecule has 0 unspecified atom stereocenters. The first-order valence-electron chi connectivity index (χ1n) is 9.53. The summed E-state index contributed by atoms with van der Waals surface area (Å²) in [6.45, 7) is 1.62. The highest BCUT2D eigenvalue weighted by atomic mass is 79.9. The highest BCUT2D eigenvalue weighted by molar-refractivity contribution is 9.10. The normalized spacial score (nSPS) is 10.8. The van der Waals surface area contributed by atoms with Gasteiger partial charge in [-0.05, 0) is 66.6 Å². The quantitative estimate of drug-likeness (QED) is 0.119. The molecule has 33 heavy (non-hydrogen) atoms. The fourth-order valence-corrected chi connectivity index (χ4v) is 3.05. The van der Waals surface area contributed by atoms with E-state index in [1.807, 2.05) is 6.07 Å². The van der Waals surface area contributed by atoms with E-state index in [-0.39, 0.29) is 11.3 Å². The summed E-state index contributed by atoms with van der Waals surface area (Å²) in [7, 11) is 0. The Hall–Kier alpha value is -4.29. The van der Waals surface area contributed by atoms with Gasteiger partial charge in [-0.3, -0.25) is 14.9 Å². The summed E-state index contributed by atoms with van der Waals surface area (Å²) in [5, 5.41) is 22.8. The molecule has 3 aromatic carbocycles. The minimum atomic E-state index is -0.653. The molecule has 164 valence electrons. The zero-order chi connectivity index (χ0) is 24.0. The largest absolute Gasteiger partial charge is 0.423 e. The van der Waals surface area contributed by atoms with Crippen LogP contribution in [0.1, 0.15) is 21.5 Å². The maximum absolute atomic E-state index is 12.5. The van der Waals surface area contributed by atoms with E-state index in [9.17, 15) is 25.0 Å². The minimum Gasteiger partial charge on any atom is -0.423 e. The van der Waals surface area contributed by atoms with Gasteiger partial charge in [-0.25, -0.2) is 4.79 Å². The highest BCUT2D eigenvalue weighted by Crippen LogP contribution is 2.22. The van der Waals surface area contributed by atoms with Crippen molar-refractivity contribution in [3.8, 4) is 11.8 Å². The van der Waals surface area contributed by atoms with Gasteiger partial charge in [-0.1, -0.05) is 28.1 Å². The number of nitro benzene ring substituents is 1. The second kappa shape index (κ2) is 10.3. The first kappa shape index (κ1) is 23.4. The van der Waals surface area contributed by atoms with Crippen LogP contribution in [-0.2, 0) is 4.79 Å². The maximum Gasteiger partial charge on any atom is 0.343 e. The number of aryl methyl sites for hydroxylation is 1. The zero-order valence-electron chi connectivity index (χ0n) is 17.2. The lowest BCUT2D eigenvalue weighted by Gasteiger charge is -2.08. The van der Waals surface area contributed by atoms with Crippen LogP contribution in [0.5, 0.6) is 5.75 Å². The van der Waals surface area contributed by atoms with Crippen LogP contribution in [0.25, 0.3) is 6.08 Å². The lowest BCUT2D eigenvalue weighted by Crippen LogP contribution is -2.14. The summed E-state index contributed by atoms with van der Waals surface area (Å²) < 4.78 is 6.17. The molecule has 0 fully saturated rings. The zero-order valence-corrected chi connectivity index (χ0v) is 18.8. The van der Waals surface area contributed by atoms with Crippen LogP contribution in [-0.4, -0.2) is 16.8 Å². The number of non-ortho nitro benzene ring substituents is 1. The van der Waals surface area contributed by atoms with Crippen molar-refractivity contribution in [1.29, 1.82) is 5.26 Å². The standard InChI is InChI=1S/C24H16BrN3O5/c1-15-12-20(28(31)32)8-11-22(15)27-23(29)18(14-26)13-16-2-9-21(10-3-16)33-24(30)17-4-6-19(25)7-5-17/h2-13H,1H3,(H,27,29)/b18-13+. The number of halogens is 1. The van der Waals surface area contributed by atoms with E-state index in [0.717, 1.165) is 4.47 Å². The fourth-order valence-electron chi connectivity index (χ4n) is 2.79. The van der Waals surface area contributed by atoms with Gasteiger partial charge in [-0.2, -0.15) is 5.26 Å². The van der Waals surface area contributed by atoms with Crippen molar-refractivity contribution in [1.82, 2.24) is 0 Å². The number of amides is 1. The fraction of sp³-hybridized carbons (Fsp3) is 0.0417. The van der Waals surface area contributed by atoms with Gasteiger partial charge in [0.25, 0.3) is 11.6 Å². The number of carbonyl (C=O) groups is 2. The van der Waals surface area contributed by atoms with Crippen LogP contribution < -0.4 is 10.1 Å². The Bertz CT molecular complexity index is 1290. The molecule has 0 aliphatic rings. The Kier molecular flexibility index (Phi) is 7.33. The van der Waals surface area contributed by atoms with Gasteiger partial charge in [-0.15, -0.1) is 0 Å². The van der Waals surface area contributed by atoms with Gasteiger partial charge in [0.15, 0.2) is 0 Å². The molecule has 0 aliphatic carbocycles. The Labute approximate surface area is 197 Å². The summed E-state index contributed by atoms with van der Waals surface area (Å²) in [4.78, 5) is 35.0. The van der Waals surface area contributed by atoms with Crippen LogP contribution in [0, 0.1) is 28.4 Å². The Morgan fingerprint density at radius 3 is 2.33 bits per heavy atom. The molecule has 0 spiro atoms. The average Bonchev–Trinajstić information content (AvgIpc) is 2.80. The van der Waals surface area contributed by atoms with Crippen molar-refractivity contribution in [2.75, 3.05) is 5.32 Å². The molecular weight excluding hydrogens is 490 g/mol. The Morgan fingerprint density at radius 1 is 1.09 bits per heavy atom. The third-order valence-electron chi connectivity index (χ3n) is 4.52. The van der Waals surface area contributed by atoms with Gasteiger partial charge < -0.3 is 10.1 Å². The predicted octanol–water partition coefficient (Wildman–Crippen LogP) is 5.43. The van der Waals surface area contributed by atoms with E-state index >= 15 is 0 Å². The average molecular weight is 506 g/mol. The third-order valence-corrected chi connectivity index (χ3v) is 5.04. The van der Waals surface area contributed by atoms with Gasteiger partial charge >= 0.3 is 5.97 Å². The van der Waals surface area contributed by atoms with E-state index in [0.29, 0.717) is 28.1 Å². The van der Waals surface area contributed by atoms with Crippen molar-refractivity contribution in [3.05, 3.63) is 104 Å². The minimum absolute atomic E-state index is 0.0949. The monoisotopic (exact) mass is 505 g/mol. The lowest BCUT2D eigenvalue weighted by molar-refractivity contribution is -0.384.